The van der Waals surface area contributed by atoms with Gasteiger partial charge in [-0.2, -0.15) is 4.98 Å². The molecule has 0 aliphatic carbocycles. The molecule has 3 N–H and O–H groups in total. The molecule has 1 saturated heterocycles. The third-order valence-corrected chi connectivity index (χ3v) is 3.37. The minimum Gasteiger partial charge on any atom is -0.394 e. The van der Waals surface area contributed by atoms with Crippen molar-refractivity contribution in [3.8, 4) is 0 Å². The van der Waals surface area contributed by atoms with E-state index in [1.54, 1.807) is 0 Å². The highest BCUT2D eigenvalue weighted by Gasteiger charge is 2.37. The Morgan fingerprint density at radius 1 is 1.76 bits per heavy atom. The molecule has 1 fully saturated rings. The summed E-state index contributed by atoms with van der Waals surface area (Å²) in [6.07, 6.45) is -1.50. The van der Waals surface area contributed by atoms with Crippen molar-refractivity contribution < 1.29 is 14.2 Å². The summed E-state index contributed by atoms with van der Waals surface area (Å²) in [5, 5.41) is 8.90. The van der Waals surface area contributed by atoms with Crippen LogP contribution in [-0.2, 0) is 4.74 Å². The van der Waals surface area contributed by atoms with Gasteiger partial charge in [0.1, 0.15) is 12.0 Å². The van der Waals surface area contributed by atoms with Gasteiger partial charge in [-0.05, 0) is 22.6 Å². The molecule has 0 unspecified atom stereocenters. The van der Waals surface area contributed by atoms with Crippen LogP contribution in [0.5, 0.6) is 0 Å². The van der Waals surface area contributed by atoms with E-state index in [2.05, 4.69) is 4.98 Å². The van der Waals surface area contributed by atoms with E-state index in [1.165, 1.54) is 6.20 Å². The summed E-state index contributed by atoms with van der Waals surface area (Å²) in [5.74, 6) is 0.110. The Balaban J connectivity index is 2.35. The molecule has 1 aliphatic heterocycles. The van der Waals surface area contributed by atoms with Gasteiger partial charge in [-0.25, -0.2) is 9.18 Å². The molecule has 0 amide bonds. The van der Waals surface area contributed by atoms with E-state index in [9.17, 15) is 9.18 Å². The smallest absolute Gasteiger partial charge is 0.351 e. The van der Waals surface area contributed by atoms with Crippen molar-refractivity contribution in [2.45, 2.75) is 24.9 Å². The summed E-state index contributed by atoms with van der Waals surface area (Å²) in [4.78, 5) is 15.2. The molecule has 1 aliphatic rings. The van der Waals surface area contributed by atoms with Gasteiger partial charge in [0.25, 0.3) is 0 Å². The predicted octanol–water partition coefficient (Wildman–Crippen LogP) is 0.0480. The number of aromatic nitrogens is 2. The standard InChI is InChI=1S/C9H11FIN3O3/c10-5-1-4(3-15)17-8(5)14-2-6(11)7(12)13-9(14)16/h2,4-5,8,15H,1,3H2,(H2,12,13,16)/t4-,5+,8+/m0/s1. The van der Waals surface area contributed by atoms with Crippen LogP contribution in [0.1, 0.15) is 12.6 Å². The summed E-state index contributed by atoms with van der Waals surface area (Å²) in [6.45, 7) is -0.273. The lowest BCUT2D eigenvalue weighted by atomic mass is 10.2. The van der Waals surface area contributed by atoms with Crippen LogP contribution in [0, 0.1) is 3.57 Å². The van der Waals surface area contributed by atoms with Crippen LogP contribution < -0.4 is 11.4 Å². The van der Waals surface area contributed by atoms with E-state index >= 15 is 0 Å². The van der Waals surface area contributed by atoms with E-state index in [0.717, 1.165) is 4.57 Å². The van der Waals surface area contributed by atoms with Gasteiger partial charge in [0.15, 0.2) is 6.23 Å². The molecule has 1 aromatic heterocycles. The first-order valence-corrected chi connectivity index (χ1v) is 6.05. The first kappa shape index (κ1) is 12.7. The highest BCUT2D eigenvalue weighted by Crippen LogP contribution is 2.30. The van der Waals surface area contributed by atoms with E-state index < -0.39 is 24.2 Å². The fourth-order valence-electron chi connectivity index (χ4n) is 1.70. The Hall–Kier alpha value is -0.740. The number of nitrogens with two attached hydrogens (primary N) is 1. The monoisotopic (exact) mass is 355 g/mol. The molecule has 0 aromatic carbocycles. The molecular weight excluding hydrogens is 344 g/mol. The molecule has 0 bridgehead atoms. The maximum Gasteiger partial charge on any atom is 0.351 e. The fraction of sp³-hybridized carbons (Fsp3) is 0.556. The zero-order chi connectivity index (χ0) is 12.6. The predicted molar refractivity (Wildman–Crippen MR) is 66.1 cm³/mol. The molecule has 0 spiro atoms. The zero-order valence-electron chi connectivity index (χ0n) is 8.72. The fourth-order valence-corrected chi connectivity index (χ4v) is 2.12. The molecule has 0 radical (unpaired) electrons. The topological polar surface area (TPSA) is 90.4 Å². The van der Waals surface area contributed by atoms with Gasteiger partial charge in [-0.15, -0.1) is 0 Å². The normalized spacial score (nSPS) is 28.5. The molecule has 2 rings (SSSR count). The number of halogens is 2. The SMILES string of the molecule is Nc1nc(=O)n([C@@H]2O[C@H](CO)C[C@H]2F)cc1I. The second-order valence-electron chi connectivity index (χ2n) is 3.75. The van der Waals surface area contributed by atoms with E-state index in [1.807, 2.05) is 22.6 Å². The van der Waals surface area contributed by atoms with Gasteiger partial charge in [0, 0.05) is 12.6 Å². The second kappa shape index (κ2) is 4.86. The van der Waals surface area contributed by atoms with Crippen LogP contribution >= 0.6 is 22.6 Å². The maximum absolute atomic E-state index is 13.7. The van der Waals surface area contributed by atoms with Crippen molar-refractivity contribution in [3.05, 3.63) is 20.3 Å². The first-order chi connectivity index (χ1) is 8.02. The van der Waals surface area contributed by atoms with Crippen LogP contribution in [-0.4, -0.2) is 33.5 Å². The Morgan fingerprint density at radius 3 is 3.06 bits per heavy atom. The van der Waals surface area contributed by atoms with E-state index in [-0.39, 0.29) is 18.8 Å². The lowest BCUT2D eigenvalue weighted by molar-refractivity contribution is -0.0394. The molecule has 0 saturated carbocycles. The summed E-state index contributed by atoms with van der Waals surface area (Å²) in [5.41, 5.74) is 4.81. The molecule has 17 heavy (non-hydrogen) atoms. The average molecular weight is 355 g/mol. The Morgan fingerprint density at radius 2 is 2.47 bits per heavy atom. The van der Waals surface area contributed by atoms with E-state index in [4.69, 9.17) is 15.6 Å². The average Bonchev–Trinajstić information content (AvgIpc) is 2.65. The molecular formula is C9H11FIN3O3. The highest BCUT2D eigenvalue weighted by atomic mass is 127. The van der Waals surface area contributed by atoms with Gasteiger partial charge in [0.05, 0.1) is 16.3 Å². The highest BCUT2D eigenvalue weighted by molar-refractivity contribution is 14.1. The number of hydrogen-bond donors (Lipinski definition) is 2. The number of nitrogen functional groups attached to an aromatic ring is 1. The summed E-state index contributed by atoms with van der Waals surface area (Å²) in [6, 6.07) is 0. The summed E-state index contributed by atoms with van der Waals surface area (Å²) < 4.78 is 20.5. The summed E-state index contributed by atoms with van der Waals surface area (Å²) in [7, 11) is 0. The minimum absolute atomic E-state index is 0.0640. The first-order valence-electron chi connectivity index (χ1n) is 4.97. The molecule has 8 heteroatoms. The lowest BCUT2D eigenvalue weighted by Gasteiger charge is -2.16. The Labute approximate surface area is 110 Å². The quantitative estimate of drug-likeness (QED) is 0.732. The maximum atomic E-state index is 13.7. The van der Waals surface area contributed by atoms with Crippen LogP contribution in [0.4, 0.5) is 10.2 Å². The van der Waals surface area contributed by atoms with Crippen LogP contribution in [0.3, 0.4) is 0 Å². The number of hydrogen-bond acceptors (Lipinski definition) is 5. The molecule has 1 aromatic rings. The number of alkyl halides is 1. The van der Waals surface area contributed by atoms with Gasteiger partial charge >= 0.3 is 5.69 Å². The number of rotatable bonds is 2. The van der Waals surface area contributed by atoms with Crippen molar-refractivity contribution in [3.63, 3.8) is 0 Å². The van der Waals surface area contributed by atoms with Crippen molar-refractivity contribution in [2.75, 3.05) is 12.3 Å². The van der Waals surface area contributed by atoms with Crippen LogP contribution in [0.15, 0.2) is 11.0 Å². The molecule has 3 atom stereocenters. The van der Waals surface area contributed by atoms with Gasteiger partial charge < -0.3 is 15.6 Å². The van der Waals surface area contributed by atoms with Gasteiger partial charge in [-0.3, -0.25) is 4.57 Å². The van der Waals surface area contributed by atoms with Crippen molar-refractivity contribution in [1.82, 2.24) is 9.55 Å². The Kier molecular flexibility index (Phi) is 3.64. The minimum atomic E-state index is -1.34. The molecule has 6 nitrogen and oxygen atoms in total. The number of nitrogens with zero attached hydrogens (tertiary/aromatic N) is 2. The zero-order valence-corrected chi connectivity index (χ0v) is 10.9. The largest absolute Gasteiger partial charge is 0.394 e. The number of aliphatic hydroxyl groups is 1. The van der Waals surface area contributed by atoms with Crippen LogP contribution in [0.2, 0.25) is 0 Å². The van der Waals surface area contributed by atoms with Crippen molar-refractivity contribution >= 4 is 28.4 Å². The van der Waals surface area contributed by atoms with Crippen molar-refractivity contribution in [1.29, 1.82) is 0 Å². The molecule has 94 valence electrons. The Bertz CT molecular complexity index is 481. The van der Waals surface area contributed by atoms with Crippen molar-refractivity contribution in [2.24, 2.45) is 0 Å². The third kappa shape index (κ3) is 2.43. The second-order valence-corrected chi connectivity index (χ2v) is 4.91. The number of anilines is 1. The van der Waals surface area contributed by atoms with Gasteiger partial charge in [-0.1, -0.05) is 0 Å². The summed E-state index contributed by atoms with van der Waals surface area (Å²) >= 11 is 1.90. The lowest BCUT2D eigenvalue weighted by Crippen LogP contribution is -2.31. The van der Waals surface area contributed by atoms with E-state index in [0.29, 0.717) is 3.57 Å². The van der Waals surface area contributed by atoms with Gasteiger partial charge in [0.2, 0.25) is 0 Å². The molecule has 2 heterocycles. The number of ether oxygens (including phenoxy) is 1. The van der Waals surface area contributed by atoms with Crippen LogP contribution in [0.25, 0.3) is 0 Å². The third-order valence-electron chi connectivity index (χ3n) is 2.54. The number of aliphatic hydroxyl groups excluding tert-OH is 1.